The molecule has 2 fully saturated rings. The van der Waals surface area contributed by atoms with Crippen LogP contribution in [-0.4, -0.2) is 49.9 Å². The molecule has 2 saturated heterocycles. The Morgan fingerprint density at radius 3 is 2.67 bits per heavy atom. The molecular formula is C13H23N3O2. The van der Waals surface area contributed by atoms with Crippen molar-refractivity contribution in [3.8, 4) is 0 Å². The first-order valence-electron chi connectivity index (χ1n) is 6.84. The molecule has 0 aromatic heterocycles. The Morgan fingerprint density at radius 2 is 2.11 bits per heavy atom. The molecule has 2 amide bonds. The maximum atomic E-state index is 12.4. The molecule has 5 nitrogen and oxygen atoms in total. The standard InChI is InChI=1S/C13H23N3O2/c1-9(11-6-15-7-11)13(18)16-5-3-4-10(8-16)12(17)14-2/h9-11,15H,3-8H2,1-2H3,(H,14,17). The minimum absolute atomic E-state index is 0.0283. The number of likely N-dealkylation sites (tertiary alicyclic amines) is 1. The van der Waals surface area contributed by atoms with Gasteiger partial charge >= 0.3 is 0 Å². The minimum Gasteiger partial charge on any atom is -0.359 e. The zero-order valence-electron chi connectivity index (χ0n) is 11.2. The van der Waals surface area contributed by atoms with Crippen molar-refractivity contribution in [2.75, 3.05) is 33.2 Å². The van der Waals surface area contributed by atoms with E-state index in [1.807, 2.05) is 11.8 Å². The van der Waals surface area contributed by atoms with Gasteiger partial charge in [0.05, 0.1) is 5.92 Å². The number of carbonyl (C=O) groups is 2. The lowest BCUT2D eigenvalue weighted by Crippen LogP contribution is -2.52. The Kier molecular flexibility index (Phi) is 4.22. The first-order chi connectivity index (χ1) is 8.63. The molecule has 0 aromatic rings. The van der Waals surface area contributed by atoms with Crippen molar-refractivity contribution in [1.29, 1.82) is 0 Å². The second-order valence-electron chi connectivity index (χ2n) is 5.44. The highest BCUT2D eigenvalue weighted by Crippen LogP contribution is 2.23. The molecule has 2 aliphatic heterocycles. The van der Waals surface area contributed by atoms with Crippen LogP contribution in [0.4, 0.5) is 0 Å². The van der Waals surface area contributed by atoms with Gasteiger partial charge in [-0.25, -0.2) is 0 Å². The highest BCUT2D eigenvalue weighted by Gasteiger charge is 2.34. The summed E-state index contributed by atoms with van der Waals surface area (Å²) in [5, 5.41) is 5.88. The second kappa shape index (κ2) is 5.69. The van der Waals surface area contributed by atoms with E-state index in [4.69, 9.17) is 0 Å². The van der Waals surface area contributed by atoms with Crippen LogP contribution < -0.4 is 10.6 Å². The van der Waals surface area contributed by atoms with E-state index >= 15 is 0 Å². The number of nitrogens with zero attached hydrogens (tertiary/aromatic N) is 1. The van der Waals surface area contributed by atoms with Crippen LogP contribution >= 0.6 is 0 Å². The summed E-state index contributed by atoms with van der Waals surface area (Å²) in [6.07, 6.45) is 1.82. The van der Waals surface area contributed by atoms with Gasteiger partial charge < -0.3 is 15.5 Å². The van der Waals surface area contributed by atoms with Gasteiger partial charge in [-0.2, -0.15) is 0 Å². The van der Waals surface area contributed by atoms with Gasteiger partial charge in [-0.1, -0.05) is 6.92 Å². The van der Waals surface area contributed by atoms with Crippen LogP contribution in [0.5, 0.6) is 0 Å². The van der Waals surface area contributed by atoms with E-state index in [0.29, 0.717) is 12.5 Å². The SMILES string of the molecule is CNC(=O)C1CCCN(C(=O)C(C)C2CNC2)C1. The van der Waals surface area contributed by atoms with Gasteiger partial charge in [-0.15, -0.1) is 0 Å². The number of piperidine rings is 1. The average Bonchev–Trinajstić information content (AvgIpc) is 2.35. The summed E-state index contributed by atoms with van der Waals surface area (Å²) in [4.78, 5) is 25.9. The van der Waals surface area contributed by atoms with Crippen molar-refractivity contribution >= 4 is 11.8 Å². The van der Waals surface area contributed by atoms with Crippen molar-refractivity contribution in [2.45, 2.75) is 19.8 Å². The topological polar surface area (TPSA) is 61.4 Å². The number of carbonyl (C=O) groups excluding carboxylic acids is 2. The first-order valence-corrected chi connectivity index (χ1v) is 6.84. The molecule has 2 rings (SSSR count). The van der Waals surface area contributed by atoms with Crippen LogP contribution in [0, 0.1) is 17.8 Å². The Labute approximate surface area is 108 Å². The smallest absolute Gasteiger partial charge is 0.225 e. The molecule has 102 valence electrons. The number of rotatable bonds is 3. The summed E-state index contributed by atoms with van der Waals surface area (Å²) < 4.78 is 0. The molecule has 2 unspecified atom stereocenters. The average molecular weight is 253 g/mol. The zero-order chi connectivity index (χ0) is 13.1. The molecule has 18 heavy (non-hydrogen) atoms. The molecule has 0 radical (unpaired) electrons. The summed E-state index contributed by atoms with van der Waals surface area (Å²) in [7, 11) is 1.66. The van der Waals surface area contributed by atoms with Crippen molar-refractivity contribution in [3.05, 3.63) is 0 Å². The Balaban J connectivity index is 1.91. The Hall–Kier alpha value is -1.10. The maximum absolute atomic E-state index is 12.4. The lowest BCUT2D eigenvalue weighted by molar-refractivity contribution is -0.140. The molecule has 2 heterocycles. The lowest BCUT2D eigenvalue weighted by Gasteiger charge is -2.38. The fourth-order valence-corrected chi connectivity index (χ4v) is 2.75. The van der Waals surface area contributed by atoms with E-state index in [0.717, 1.165) is 32.5 Å². The third-order valence-corrected chi connectivity index (χ3v) is 4.26. The normalized spacial score (nSPS) is 26.3. The van der Waals surface area contributed by atoms with Crippen LogP contribution in [0.15, 0.2) is 0 Å². The van der Waals surface area contributed by atoms with Crippen molar-refractivity contribution < 1.29 is 9.59 Å². The highest BCUT2D eigenvalue weighted by molar-refractivity contribution is 5.82. The van der Waals surface area contributed by atoms with Gasteiger partial charge in [0, 0.05) is 26.1 Å². The van der Waals surface area contributed by atoms with E-state index in [2.05, 4.69) is 10.6 Å². The molecule has 2 atom stereocenters. The van der Waals surface area contributed by atoms with Crippen molar-refractivity contribution in [1.82, 2.24) is 15.5 Å². The number of hydrogen-bond donors (Lipinski definition) is 2. The fraction of sp³-hybridized carbons (Fsp3) is 0.846. The largest absolute Gasteiger partial charge is 0.359 e. The van der Waals surface area contributed by atoms with Crippen LogP contribution in [0.3, 0.4) is 0 Å². The van der Waals surface area contributed by atoms with Crippen LogP contribution in [-0.2, 0) is 9.59 Å². The Morgan fingerprint density at radius 1 is 1.39 bits per heavy atom. The molecule has 0 bridgehead atoms. The van der Waals surface area contributed by atoms with E-state index in [1.54, 1.807) is 7.05 Å². The van der Waals surface area contributed by atoms with Crippen LogP contribution in [0.25, 0.3) is 0 Å². The summed E-state index contributed by atoms with van der Waals surface area (Å²) in [5.74, 6) is 0.799. The Bertz CT molecular complexity index is 328. The van der Waals surface area contributed by atoms with E-state index < -0.39 is 0 Å². The van der Waals surface area contributed by atoms with Crippen LogP contribution in [0.1, 0.15) is 19.8 Å². The monoisotopic (exact) mass is 253 g/mol. The van der Waals surface area contributed by atoms with Crippen molar-refractivity contribution in [3.63, 3.8) is 0 Å². The zero-order valence-corrected chi connectivity index (χ0v) is 11.2. The van der Waals surface area contributed by atoms with Gasteiger partial charge in [0.2, 0.25) is 11.8 Å². The van der Waals surface area contributed by atoms with Crippen molar-refractivity contribution in [2.24, 2.45) is 17.8 Å². The molecule has 5 heteroatoms. The lowest BCUT2D eigenvalue weighted by atomic mass is 9.87. The van der Waals surface area contributed by atoms with Gasteiger partial charge in [0.25, 0.3) is 0 Å². The summed E-state index contributed by atoms with van der Waals surface area (Å²) in [6, 6.07) is 0. The first kappa shape index (κ1) is 13.3. The quantitative estimate of drug-likeness (QED) is 0.734. The third kappa shape index (κ3) is 2.66. The van der Waals surface area contributed by atoms with E-state index in [1.165, 1.54) is 0 Å². The van der Waals surface area contributed by atoms with Gasteiger partial charge in [-0.3, -0.25) is 9.59 Å². The molecular weight excluding hydrogens is 230 g/mol. The predicted molar refractivity (Wildman–Crippen MR) is 68.9 cm³/mol. The summed E-state index contributed by atoms with van der Waals surface area (Å²) >= 11 is 0. The molecule has 0 spiro atoms. The maximum Gasteiger partial charge on any atom is 0.225 e. The second-order valence-corrected chi connectivity index (χ2v) is 5.44. The third-order valence-electron chi connectivity index (χ3n) is 4.26. The predicted octanol–water partition coefficient (Wildman–Crippen LogP) is -0.173. The van der Waals surface area contributed by atoms with Gasteiger partial charge in [-0.05, 0) is 31.8 Å². The van der Waals surface area contributed by atoms with E-state index in [-0.39, 0.29) is 23.7 Å². The number of hydrogen-bond acceptors (Lipinski definition) is 3. The highest BCUT2D eigenvalue weighted by atomic mass is 16.2. The summed E-state index contributed by atoms with van der Waals surface area (Å²) in [6.45, 7) is 5.29. The molecule has 0 saturated carbocycles. The molecule has 0 aliphatic carbocycles. The fourth-order valence-electron chi connectivity index (χ4n) is 2.75. The molecule has 2 aliphatic rings. The van der Waals surface area contributed by atoms with Gasteiger partial charge in [0.1, 0.15) is 0 Å². The minimum atomic E-state index is -0.0283. The van der Waals surface area contributed by atoms with Gasteiger partial charge in [0.15, 0.2) is 0 Å². The summed E-state index contributed by atoms with van der Waals surface area (Å²) in [5.41, 5.74) is 0. The number of nitrogens with one attached hydrogen (secondary N) is 2. The van der Waals surface area contributed by atoms with Crippen LogP contribution in [0.2, 0.25) is 0 Å². The molecule has 2 N–H and O–H groups in total. The van der Waals surface area contributed by atoms with E-state index in [9.17, 15) is 9.59 Å². The number of amides is 2. The molecule has 0 aromatic carbocycles.